The van der Waals surface area contributed by atoms with Gasteiger partial charge in [0.2, 0.25) is 6.79 Å². The van der Waals surface area contributed by atoms with Gasteiger partial charge in [0, 0.05) is 11.6 Å². The van der Waals surface area contributed by atoms with E-state index in [1.807, 2.05) is 0 Å². The summed E-state index contributed by atoms with van der Waals surface area (Å²) in [6, 6.07) is 11.4. The summed E-state index contributed by atoms with van der Waals surface area (Å²) in [4.78, 5) is 11.8. The van der Waals surface area contributed by atoms with Crippen LogP contribution in [0.5, 0.6) is 17.2 Å². The number of para-hydroxylation sites is 1. The molecule has 0 saturated carbocycles. The van der Waals surface area contributed by atoms with Gasteiger partial charge in [-0.3, -0.25) is 0 Å². The summed E-state index contributed by atoms with van der Waals surface area (Å²) in [6.45, 7) is -2.94. The zero-order valence-electron chi connectivity index (χ0n) is 13.0. The van der Waals surface area contributed by atoms with E-state index in [0.717, 1.165) is 5.56 Å². The summed E-state index contributed by atoms with van der Waals surface area (Å²) >= 11 is 0. The van der Waals surface area contributed by atoms with E-state index in [-0.39, 0.29) is 19.1 Å². The quantitative estimate of drug-likeness (QED) is 0.587. The zero-order valence-corrected chi connectivity index (χ0v) is 13.0. The van der Waals surface area contributed by atoms with E-state index >= 15 is 0 Å². The largest absolute Gasteiger partial charge is 0.458 e. The molecule has 0 N–H and O–H groups in total. The van der Waals surface area contributed by atoms with E-state index in [2.05, 4.69) is 4.74 Å². The van der Waals surface area contributed by atoms with Crippen LogP contribution in [0, 0.1) is 0 Å². The Kier molecular flexibility index (Phi) is 5.13. The molecule has 0 spiro atoms. The van der Waals surface area contributed by atoms with Gasteiger partial charge in [-0.25, -0.2) is 4.79 Å². The third-order valence-electron chi connectivity index (χ3n) is 3.37. The Morgan fingerprint density at radius 2 is 1.96 bits per heavy atom. The maximum Gasteiger partial charge on any atom is 0.387 e. The molecule has 0 saturated heterocycles. The van der Waals surface area contributed by atoms with Gasteiger partial charge in [-0.1, -0.05) is 24.3 Å². The molecule has 0 unspecified atom stereocenters. The number of fused-ring (bicyclic) bond motifs is 1. The van der Waals surface area contributed by atoms with Crippen LogP contribution in [0.1, 0.15) is 11.1 Å². The molecule has 0 atom stereocenters. The van der Waals surface area contributed by atoms with Crippen LogP contribution in [0.15, 0.2) is 48.5 Å². The lowest BCUT2D eigenvalue weighted by atomic mass is 10.2. The maximum absolute atomic E-state index is 12.3. The average Bonchev–Trinajstić information content (AvgIpc) is 3.06. The summed E-state index contributed by atoms with van der Waals surface area (Å²) in [5.74, 6) is 0.624. The van der Waals surface area contributed by atoms with Crippen LogP contribution in [-0.2, 0) is 16.1 Å². The Morgan fingerprint density at radius 3 is 2.80 bits per heavy atom. The second kappa shape index (κ2) is 7.65. The number of carbonyl (C=O) groups excluding carboxylic acids is 1. The number of benzene rings is 2. The molecule has 1 aliphatic rings. The van der Waals surface area contributed by atoms with Crippen molar-refractivity contribution in [3.63, 3.8) is 0 Å². The lowest BCUT2D eigenvalue weighted by Crippen LogP contribution is -2.06. The highest BCUT2D eigenvalue weighted by Gasteiger charge is 2.13. The minimum absolute atomic E-state index is 0.0231. The first-order valence-electron chi connectivity index (χ1n) is 7.39. The highest BCUT2D eigenvalue weighted by Crippen LogP contribution is 2.32. The van der Waals surface area contributed by atoms with E-state index in [0.29, 0.717) is 17.1 Å². The molecule has 5 nitrogen and oxygen atoms in total. The van der Waals surface area contributed by atoms with Crippen molar-refractivity contribution in [1.82, 2.24) is 0 Å². The van der Waals surface area contributed by atoms with Crippen molar-refractivity contribution in [2.75, 3.05) is 6.79 Å². The molecule has 3 rings (SSSR count). The molecule has 0 bridgehead atoms. The minimum atomic E-state index is -2.94. The van der Waals surface area contributed by atoms with Crippen LogP contribution in [-0.4, -0.2) is 19.4 Å². The van der Waals surface area contributed by atoms with E-state index in [1.54, 1.807) is 42.5 Å². The summed E-state index contributed by atoms with van der Waals surface area (Å²) in [5, 5.41) is 0. The summed E-state index contributed by atoms with van der Waals surface area (Å²) in [7, 11) is 0. The number of ether oxygens (including phenoxy) is 4. The Balaban J connectivity index is 1.58. The lowest BCUT2D eigenvalue weighted by molar-refractivity contribution is -0.139. The number of hydrogen-bond acceptors (Lipinski definition) is 5. The van der Waals surface area contributed by atoms with Crippen LogP contribution in [0.2, 0.25) is 0 Å². The van der Waals surface area contributed by atoms with E-state index in [1.165, 1.54) is 12.1 Å². The van der Waals surface area contributed by atoms with Crippen LogP contribution in [0.25, 0.3) is 6.08 Å². The van der Waals surface area contributed by atoms with Crippen LogP contribution < -0.4 is 14.2 Å². The SMILES string of the molecule is O=C(/C=C/c1ccc2c(c1)OCO2)OCc1ccccc1OC(F)F. The predicted octanol–water partition coefficient (Wildman–Crippen LogP) is 3.77. The molecule has 0 amide bonds. The molecule has 1 aliphatic heterocycles. The van der Waals surface area contributed by atoms with Crippen LogP contribution >= 0.6 is 0 Å². The third-order valence-corrected chi connectivity index (χ3v) is 3.37. The van der Waals surface area contributed by atoms with Gasteiger partial charge in [0.15, 0.2) is 11.5 Å². The molecule has 0 fully saturated rings. The van der Waals surface area contributed by atoms with Gasteiger partial charge in [-0.05, 0) is 29.8 Å². The van der Waals surface area contributed by atoms with Crippen molar-refractivity contribution in [1.29, 1.82) is 0 Å². The first kappa shape index (κ1) is 16.8. The molecular formula is C18H14F2O5. The van der Waals surface area contributed by atoms with Crippen molar-refractivity contribution in [3.8, 4) is 17.2 Å². The van der Waals surface area contributed by atoms with Gasteiger partial charge in [-0.2, -0.15) is 8.78 Å². The molecule has 0 aliphatic carbocycles. The molecule has 0 radical (unpaired) electrons. The number of hydrogen-bond donors (Lipinski definition) is 0. The van der Waals surface area contributed by atoms with Crippen LogP contribution in [0.3, 0.4) is 0 Å². The van der Waals surface area contributed by atoms with Gasteiger partial charge < -0.3 is 18.9 Å². The Morgan fingerprint density at radius 1 is 1.16 bits per heavy atom. The zero-order chi connectivity index (χ0) is 17.6. The summed E-state index contributed by atoms with van der Waals surface area (Å²) in [5.41, 5.74) is 1.09. The Labute approximate surface area is 142 Å². The fraction of sp³-hybridized carbons (Fsp3) is 0.167. The highest BCUT2D eigenvalue weighted by molar-refractivity contribution is 5.87. The van der Waals surface area contributed by atoms with E-state index < -0.39 is 12.6 Å². The van der Waals surface area contributed by atoms with Crippen LogP contribution in [0.4, 0.5) is 8.78 Å². The van der Waals surface area contributed by atoms with Gasteiger partial charge in [0.25, 0.3) is 0 Å². The lowest BCUT2D eigenvalue weighted by Gasteiger charge is -2.10. The molecule has 7 heteroatoms. The Hall–Kier alpha value is -3.09. The smallest absolute Gasteiger partial charge is 0.387 e. The minimum Gasteiger partial charge on any atom is -0.458 e. The summed E-state index contributed by atoms with van der Waals surface area (Å²) in [6.07, 6.45) is 2.81. The third kappa shape index (κ3) is 4.47. The van der Waals surface area contributed by atoms with Crippen molar-refractivity contribution >= 4 is 12.0 Å². The van der Waals surface area contributed by atoms with Gasteiger partial charge in [0.1, 0.15) is 12.4 Å². The van der Waals surface area contributed by atoms with Crippen molar-refractivity contribution in [2.24, 2.45) is 0 Å². The van der Waals surface area contributed by atoms with Gasteiger partial charge in [0.05, 0.1) is 0 Å². The predicted molar refractivity (Wildman–Crippen MR) is 84.5 cm³/mol. The molecule has 130 valence electrons. The maximum atomic E-state index is 12.3. The van der Waals surface area contributed by atoms with Crippen molar-refractivity contribution in [2.45, 2.75) is 13.2 Å². The first-order valence-corrected chi connectivity index (χ1v) is 7.39. The normalized spacial score (nSPS) is 12.6. The Bertz CT molecular complexity index is 789. The number of esters is 1. The fourth-order valence-electron chi connectivity index (χ4n) is 2.21. The highest BCUT2D eigenvalue weighted by atomic mass is 19.3. The monoisotopic (exact) mass is 348 g/mol. The van der Waals surface area contributed by atoms with E-state index in [9.17, 15) is 13.6 Å². The van der Waals surface area contributed by atoms with Crippen molar-refractivity contribution in [3.05, 3.63) is 59.7 Å². The second-order valence-corrected chi connectivity index (χ2v) is 5.04. The molecule has 1 heterocycles. The molecular weight excluding hydrogens is 334 g/mol. The van der Waals surface area contributed by atoms with Gasteiger partial charge >= 0.3 is 12.6 Å². The first-order chi connectivity index (χ1) is 12.1. The van der Waals surface area contributed by atoms with Gasteiger partial charge in [-0.15, -0.1) is 0 Å². The summed E-state index contributed by atoms with van der Waals surface area (Å²) < 4.78 is 44.6. The number of halogens is 2. The van der Waals surface area contributed by atoms with Crippen molar-refractivity contribution < 1.29 is 32.5 Å². The second-order valence-electron chi connectivity index (χ2n) is 5.04. The standard InChI is InChI=1S/C18H14F2O5/c19-18(20)25-14-4-2-1-3-13(14)10-22-17(21)8-6-12-5-7-15-16(9-12)24-11-23-15/h1-9,18H,10-11H2/b8-6+. The molecule has 25 heavy (non-hydrogen) atoms. The number of carbonyl (C=O) groups is 1. The van der Waals surface area contributed by atoms with E-state index in [4.69, 9.17) is 14.2 Å². The molecule has 2 aromatic rings. The average molecular weight is 348 g/mol. The topological polar surface area (TPSA) is 54.0 Å². The molecule has 0 aromatic heterocycles. The fourth-order valence-corrected chi connectivity index (χ4v) is 2.21. The molecule has 2 aromatic carbocycles. The number of rotatable bonds is 6. The number of alkyl halides is 2.